The Morgan fingerprint density at radius 3 is 2.25 bits per heavy atom. The summed E-state index contributed by atoms with van der Waals surface area (Å²) >= 11 is 0. The van der Waals surface area contributed by atoms with Gasteiger partial charge in [0.15, 0.2) is 0 Å². The van der Waals surface area contributed by atoms with Crippen LogP contribution in [0.1, 0.15) is 37.0 Å². The third-order valence-corrected chi connectivity index (χ3v) is 4.80. The van der Waals surface area contributed by atoms with Gasteiger partial charge in [-0.25, -0.2) is 4.39 Å². The molecule has 0 fully saturated rings. The van der Waals surface area contributed by atoms with E-state index in [9.17, 15) is 4.39 Å². The van der Waals surface area contributed by atoms with Crippen LogP contribution < -0.4 is 0 Å². The minimum atomic E-state index is -0.176. The molecule has 0 spiro atoms. The predicted octanol–water partition coefficient (Wildman–Crippen LogP) is 7.31. The fourth-order valence-electron chi connectivity index (χ4n) is 3.08. The highest BCUT2D eigenvalue weighted by molar-refractivity contribution is 5.82. The second-order valence-corrected chi connectivity index (χ2v) is 6.82. The highest BCUT2D eigenvalue weighted by Crippen LogP contribution is 2.26. The second kappa shape index (κ2) is 9.80. The van der Waals surface area contributed by atoms with Gasteiger partial charge in [0.1, 0.15) is 5.82 Å². The molecule has 1 nitrogen and oxygen atoms in total. The second-order valence-electron chi connectivity index (χ2n) is 6.82. The van der Waals surface area contributed by atoms with Gasteiger partial charge in [0, 0.05) is 11.8 Å². The molecule has 0 amide bonds. The maximum absolute atomic E-state index is 14.3. The molecule has 0 radical (unpaired) electrons. The Morgan fingerprint density at radius 2 is 1.61 bits per heavy atom. The molecule has 3 aromatic carbocycles. The summed E-state index contributed by atoms with van der Waals surface area (Å²) < 4.78 is 14.3. The van der Waals surface area contributed by atoms with Crippen molar-refractivity contribution < 1.29 is 4.39 Å². The molecule has 0 aromatic heterocycles. The lowest BCUT2D eigenvalue weighted by atomic mass is 10.0. The van der Waals surface area contributed by atoms with Crippen molar-refractivity contribution in [3.63, 3.8) is 0 Å². The minimum absolute atomic E-state index is 0.176. The molecular formula is C26H26FN. The van der Waals surface area contributed by atoms with Crippen molar-refractivity contribution in [2.24, 2.45) is 4.99 Å². The van der Waals surface area contributed by atoms with Crippen LogP contribution in [0.15, 0.2) is 83.9 Å². The number of aryl methyl sites for hydroxylation is 2. The lowest BCUT2D eigenvalue weighted by Gasteiger charge is -2.06. The van der Waals surface area contributed by atoms with Crippen molar-refractivity contribution in [2.75, 3.05) is 0 Å². The average molecular weight is 371 g/mol. The van der Waals surface area contributed by atoms with Gasteiger partial charge < -0.3 is 0 Å². The van der Waals surface area contributed by atoms with Gasteiger partial charge in [0.2, 0.25) is 0 Å². The normalized spacial score (nSPS) is 11.5. The summed E-state index contributed by atoms with van der Waals surface area (Å²) in [5, 5.41) is 0. The molecule has 0 aliphatic rings. The Bertz CT molecular complexity index is 951. The lowest BCUT2D eigenvalue weighted by Crippen LogP contribution is -1.88. The van der Waals surface area contributed by atoms with E-state index < -0.39 is 0 Å². The number of hydrogen-bond acceptors (Lipinski definition) is 1. The van der Waals surface area contributed by atoms with Crippen LogP contribution in [0.4, 0.5) is 10.1 Å². The quantitative estimate of drug-likeness (QED) is 0.305. The van der Waals surface area contributed by atoms with E-state index in [1.54, 1.807) is 6.07 Å². The largest absolute Gasteiger partial charge is 0.256 e. The Hall–Kier alpha value is -3.00. The van der Waals surface area contributed by atoms with E-state index in [4.69, 9.17) is 0 Å². The Labute approximate surface area is 167 Å². The third kappa shape index (κ3) is 5.26. The number of halogens is 1. The minimum Gasteiger partial charge on any atom is -0.256 e. The molecule has 3 rings (SSSR count). The van der Waals surface area contributed by atoms with E-state index in [1.807, 2.05) is 56.5 Å². The van der Waals surface area contributed by atoms with Crippen molar-refractivity contribution in [3.05, 3.63) is 101 Å². The van der Waals surface area contributed by atoms with Gasteiger partial charge in [0.25, 0.3) is 0 Å². The summed E-state index contributed by atoms with van der Waals surface area (Å²) in [5.41, 5.74) is 5.75. The Balaban J connectivity index is 1.67. The SMILES string of the molecule is C/C=C/CCc1ccc(C=Nc2ccc(-c3ccc(CC)cc3F)cc2)cc1. The molecule has 0 atom stereocenters. The van der Waals surface area contributed by atoms with Crippen molar-refractivity contribution in [3.8, 4) is 11.1 Å². The maximum Gasteiger partial charge on any atom is 0.131 e. The van der Waals surface area contributed by atoms with Gasteiger partial charge >= 0.3 is 0 Å². The first-order valence-electron chi connectivity index (χ1n) is 9.82. The molecule has 142 valence electrons. The van der Waals surface area contributed by atoms with Crippen LogP contribution in [0.3, 0.4) is 0 Å². The van der Waals surface area contributed by atoms with Crippen molar-refractivity contribution >= 4 is 11.9 Å². The summed E-state index contributed by atoms with van der Waals surface area (Å²) in [7, 11) is 0. The lowest BCUT2D eigenvalue weighted by molar-refractivity contribution is 0.629. The first-order chi connectivity index (χ1) is 13.7. The molecule has 3 aromatic rings. The van der Waals surface area contributed by atoms with Crippen LogP contribution in [0.2, 0.25) is 0 Å². The van der Waals surface area contributed by atoms with E-state index in [0.29, 0.717) is 5.56 Å². The van der Waals surface area contributed by atoms with Gasteiger partial charge in [0.05, 0.1) is 5.69 Å². The van der Waals surface area contributed by atoms with E-state index in [-0.39, 0.29) is 5.82 Å². The number of allylic oxidation sites excluding steroid dienone is 2. The van der Waals surface area contributed by atoms with Crippen LogP contribution >= 0.6 is 0 Å². The molecule has 0 aliphatic carbocycles. The van der Waals surface area contributed by atoms with Gasteiger partial charge in [-0.3, -0.25) is 4.99 Å². The molecule has 0 aliphatic heterocycles. The number of rotatable bonds is 7. The Kier molecular flexibility index (Phi) is 6.91. The van der Waals surface area contributed by atoms with Gasteiger partial charge in [-0.15, -0.1) is 0 Å². The molecule has 0 N–H and O–H groups in total. The zero-order valence-corrected chi connectivity index (χ0v) is 16.5. The van der Waals surface area contributed by atoms with Crippen LogP contribution in [0, 0.1) is 5.82 Å². The highest BCUT2D eigenvalue weighted by atomic mass is 19.1. The summed E-state index contributed by atoms with van der Waals surface area (Å²) in [6.07, 6.45) is 9.09. The molecule has 0 bridgehead atoms. The van der Waals surface area contributed by atoms with Gasteiger partial charge in [-0.1, -0.05) is 67.6 Å². The number of hydrogen-bond donors (Lipinski definition) is 0. The molecular weight excluding hydrogens is 345 g/mol. The van der Waals surface area contributed by atoms with Crippen LogP contribution in [0.25, 0.3) is 11.1 Å². The van der Waals surface area contributed by atoms with Gasteiger partial charge in [-0.05, 0) is 66.6 Å². The standard InChI is InChI=1S/C26H26FN/c1-3-5-6-7-21-8-10-22(11-9-21)19-28-24-15-13-23(14-16-24)25-17-12-20(4-2)18-26(25)27/h3,5,8-19H,4,6-7H2,1-2H3/b5-3+,28-19?. The molecule has 0 saturated heterocycles. The predicted molar refractivity (Wildman–Crippen MR) is 118 cm³/mol. The first-order valence-corrected chi connectivity index (χ1v) is 9.82. The Morgan fingerprint density at radius 1 is 0.893 bits per heavy atom. The smallest absolute Gasteiger partial charge is 0.131 e. The van der Waals surface area contributed by atoms with Gasteiger partial charge in [-0.2, -0.15) is 0 Å². The maximum atomic E-state index is 14.3. The van der Waals surface area contributed by atoms with E-state index in [0.717, 1.165) is 41.6 Å². The third-order valence-electron chi connectivity index (χ3n) is 4.80. The van der Waals surface area contributed by atoms with E-state index >= 15 is 0 Å². The fraction of sp³-hybridized carbons (Fsp3) is 0.192. The summed E-state index contributed by atoms with van der Waals surface area (Å²) in [6.45, 7) is 4.07. The zero-order valence-electron chi connectivity index (χ0n) is 16.5. The average Bonchev–Trinajstić information content (AvgIpc) is 2.74. The van der Waals surface area contributed by atoms with E-state index in [2.05, 4.69) is 41.4 Å². The summed E-state index contributed by atoms with van der Waals surface area (Å²) in [6, 6.07) is 21.6. The number of nitrogens with zero attached hydrogens (tertiary/aromatic N) is 1. The molecule has 28 heavy (non-hydrogen) atoms. The van der Waals surface area contributed by atoms with Crippen molar-refractivity contribution in [1.29, 1.82) is 0 Å². The summed E-state index contributed by atoms with van der Waals surface area (Å²) in [5.74, 6) is -0.176. The van der Waals surface area contributed by atoms with Crippen molar-refractivity contribution in [2.45, 2.75) is 33.1 Å². The monoisotopic (exact) mass is 371 g/mol. The summed E-state index contributed by atoms with van der Waals surface area (Å²) in [4.78, 5) is 4.54. The van der Waals surface area contributed by atoms with Crippen molar-refractivity contribution in [1.82, 2.24) is 0 Å². The first kappa shape index (κ1) is 19.8. The molecule has 0 heterocycles. The molecule has 0 unspecified atom stereocenters. The fourth-order valence-corrected chi connectivity index (χ4v) is 3.08. The number of benzene rings is 3. The number of aliphatic imine (C=N–C) groups is 1. The van der Waals surface area contributed by atoms with Crippen LogP contribution in [-0.2, 0) is 12.8 Å². The highest BCUT2D eigenvalue weighted by Gasteiger charge is 2.05. The molecule has 0 saturated carbocycles. The molecule has 2 heteroatoms. The zero-order chi connectivity index (χ0) is 19.8. The topological polar surface area (TPSA) is 12.4 Å². The van der Waals surface area contributed by atoms with Crippen LogP contribution in [0.5, 0.6) is 0 Å². The van der Waals surface area contributed by atoms with E-state index in [1.165, 1.54) is 5.56 Å². The van der Waals surface area contributed by atoms with Crippen LogP contribution in [-0.4, -0.2) is 6.21 Å².